The lowest BCUT2D eigenvalue weighted by atomic mass is 9.95. The molecule has 1 aliphatic rings. The molecule has 1 heterocycles. The van der Waals surface area contributed by atoms with Crippen molar-refractivity contribution in [3.63, 3.8) is 0 Å². The number of benzene rings is 1. The molecule has 1 aliphatic heterocycles. The third kappa shape index (κ3) is 3.00. The van der Waals surface area contributed by atoms with Crippen LogP contribution in [0, 0.1) is 0 Å². The van der Waals surface area contributed by atoms with E-state index in [4.69, 9.17) is 5.73 Å². The minimum absolute atomic E-state index is 0.275. The van der Waals surface area contributed by atoms with Crippen molar-refractivity contribution in [3.8, 4) is 0 Å². The molecule has 2 rings (SSSR count). The maximum atomic E-state index is 10.8. The normalized spacial score (nSPS) is 20.6. The van der Waals surface area contributed by atoms with Crippen LogP contribution in [0.15, 0.2) is 24.3 Å². The summed E-state index contributed by atoms with van der Waals surface area (Å²) in [5.74, 6) is 1.49. The zero-order chi connectivity index (χ0) is 11.4. The van der Waals surface area contributed by atoms with Gasteiger partial charge in [0.15, 0.2) is 0 Å². The van der Waals surface area contributed by atoms with Gasteiger partial charge in [-0.3, -0.25) is 9.52 Å². The zero-order valence-electron chi connectivity index (χ0n) is 9.11. The number of hydrogen-bond donors (Lipinski definition) is 2. The summed E-state index contributed by atoms with van der Waals surface area (Å²) >= 11 is 1.79. The summed E-state index contributed by atoms with van der Waals surface area (Å²) in [6.45, 7) is 1.03. The third-order valence-electron chi connectivity index (χ3n) is 2.83. The number of carbonyl (C=O) groups is 1. The molecule has 16 heavy (non-hydrogen) atoms. The molecular weight excluding hydrogens is 220 g/mol. The summed E-state index contributed by atoms with van der Waals surface area (Å²) in [4.78, 5) is 10.8. The Balaban J connectivity index is 2.03. The van der Waals surface area contributed by atoms with Gasteiger partial charge in [0.1, 0.15) is 0 Å². The minimum Gasteiger partial charge on any atom is -0.369 e. The van der Waals surface area contributed by atoms with Crippen LogP contribution in [-0.4, -0.2) is 18.2 Å². The van der Waals surface area contributed by atoms with Crippen molar-refractivity contribution in [2.24, 2.45) is 5.73 Å². The van der Waals surface area contributed by atoms with Crippen LogP contribution in [0.1, 0.15) is 23.5 Å². The van der Waals surface area contributed by atoms with Gasteiger partial charge in [0.05, 0.1) is 6.42 Å². The van der Waals surface area contributed by atoms with Crippen molar-refractivity contribution in [2.75, 3.05) is 12.3 Å². The van der Waals surface area contributed by atoms with E-state index in [1.54, 1.807) is 11.9 Å². The van der Waals surface area contributed by atoms with Crippen LogP contribution in [0.3, 0.4) is 0 Å². The van der Waals surface area contributed by atoms with Gasteiger partial charge in [-0.15, -0.1) is 0 Å². The Morgan fingerprint density at radius 3 is 2.75 bits per heavy atom. The smallest absolute Gasteiger partial charge is 0.221 e. The average molecular weight is 236 g/mol. The highest BCUT2D eigenvalue weighted by Gasteiger charge is 2.15. The lowest BCUT2D eigenvalue weighted by Gasteiger charge is -2.22. The number of hydrogen-bond acceptors (Lipinski definition) is 3. The van der Waals surface area contributed by atoms with Gasteiger partial charge in [0.25, 0.3) is 0 Å². The average Bonchev–Trinajstić information content (AvgIpc) is 2.30. The third-order valence-corrected chi connectivity index (χ3v) is 3.64. The van der Waals surface area contributed by atoms with Crippen molar-refractivity contribution in [3.05, 3.63) is 35.4 Å². The largest absolute Gasteiger partial charge is 0.369 e. The topological polar surface area (TPSA) is 55.1 Å². The van der Waals surface area contributed by atoms with E-state index in [0.717, 1.165) is 17.9 Å². The van der Waals surface area contributed by atoms with Crippen LogP contribution in [0.4, 0.5) is 0 Å². The van der Waals surface area contributed by atoms with Crippen LogP contribution in [-0.2, 0) is 11.2 Å². The van der Waals surface area contributed by atoms with Gasteiger partial charge in [0, 0.05) is 12.3 Å². The number of amides is 1. The highest BCUT2D eigenvalue weighted by molar-refractivity contribution is 7.97. The van der Waals surface area contributed by atoms with E-state index < -0.39 is 0 Å². The highest BCUT2D eigenvalue weighted by atomic mass is 32.2. The Hall–Kier alpha value is -1.00. The minimum atomic E-state index is -0.275. The zero-order valence-corrected chi connectivity index (χ0v) is 9.93. The fourth-order valence-electron chi connectivity index (χ4n) is 1.93. The number of primary amides is 1. The SMILES string of the molecule is NC(=O)Cc1ccc(C2CCSNC2)cc1. The summed E-state index contributed by atoms with van der Waals surface area (Å²) in [6.07, 6.45) is 1.55. The van der Waals surface area contributed by atoms with Crippen molar-refractivity contribution in [2.45, 2.75) is 18.8 Å². The first-order chi connectivity index (χ1) is 7.75. The van der Waals surface area contributed by atoms with E-state index in [0.29, 0.717) is 12.3 Å². The van der Waals surface area contributed by atoms with Gasteiger partial charge in [-0.1, -0.05) is 36.2 Å². The lowest BCUT2D eigenvalue weighted by Crippen LogP contribution is -2.22. The van der Waals surface area contributed by atoms with E-state index in [1.165, 1.54) is 12.0 Å². The Bertz CT molecular complexity index is 358. The molecular formula is C12H16N2OS. The maximum absolute atomic E-state index is 10.8. The Labute approximate surface area is 99.9 Å². The first-order valence-corrected chi connectivity index (χ1v) is 6.46. The number of carbonyl (C=O) groups excluding carboxylic acids is 1. The predicted molar refractivity (Wildman–Crippen MR) is 67.2 cm³/mol. The van der Waals surface area contributed by atoms with Gasteiger partial charge in [-0.2, -0.15) is 0 Å². The molecule has 1 fully saturated rings. The van der Waals surface area contributed by atoms with E-state index in [2.05, 4.69) is 16.9 Å². The predicted octanol–water partition coefficient (Wildman–Crippen LogP) is 1.44. The second kappa shape index (κ2) is 5.37. The molecule has 3 nitrogen and oxygen atoms in total. The standard InChI is InChI=1S/C12H16N2OS/c13-12(15)7-9-1-3-10(4-2-9)11-5-6-16-14-8-11/h1-4,11,14H,5-8H2,(H2,13,15). The molecule has 0 bridgehead atoms. The van der Waals surface area contributed by atoms with E-state index in [-0.39, 0.29) is 5.91 Å². The molecule has 3 N–H and O–H groups in total. The Morgan fingerprint density at radius 1 is 1.44 bits per heavy atom. The molecule has 4 heteroatoms. The molecule has 1 unspecified atom stereocenters. The number of nitrogens with two attached hydrogens (primary N) is 1. The van der Waals surface area contributed by atoms with Crippen LogP contribution in [0.25, 0.3) is 0 Å². The molecule has 86 valence electrons. The maximum Gasteiger partial charge on any atom is 0.221 e. The van der Waals surface area contributed by atoms with E-state index in [1.807, 2.05) is 12.1 Å². The van der Waals surface area contributed by atoms with E-state index in [9.17, 15) is 4.79 Å². The number of nitrogens with one attached hydrogen (secondary N) is 1. The molecule has 0 saturated carbocycles. The van der Waals surface area contributed by atoms with Crippen molar-refractivity contribution in [1.82, 2.24) is 4.72 Å². The van der Waals surface area contributed by atoms with Crippen LogP contribution >= 0.6 is 11.9 Å². The van der Waals surface area contributed by atoms with Gasteiger partial charge >= 0.3 is 0 Å². The van der Waals surface area contributed by atoms with Gasteiger partial charge in [-0.05, 0) is 23.5 Å². The second-order valence-corrected chi connectivity index (χ2v) is 5.05. The monoisotopic (exact) mass is 236 g/mol. The van der Waals surface area contributed by atoms with Crippen LogP contribution in [0.5, 0.6) is 0 Å². The summed E-state index contributed by atoms with van der Waals surface area (Å²) in [7, 11) is 0. The summed E-state index contributed by atoms with van der Waals surface area (Å²) in [5, 5.41) is 0. The summed E-state index contributed by atoms with van der Waals surface area (Å²) < 4.78 is 3.32. The first kappa shape index (κ1) is 11.5. The van der Waals surface area contributed by atoms with Gasteiger partial charge < -0.3 is 5.73 Å². The van der Waals surface area contributed by atoms with Gasteiger partial charge in [0.2, 0.25) is 5.91 Å². The van der Waals surface area contributed by atoms with Crippen molar-refractivity contribution >= 4 is 17.9 Å². The molecule has 1 atom stereocenters. The Morgan fingerprint density at radius 2 is 2.19 bits per heavy atom. The van der Waals surface area contributed by atoms with Crippen molar-refractivity contribution < 1.29 is 4.79 Å². The quantitative estimate of drug-likeness (QED) is 0.781. The molecule has 1 aromatic carbocycles. The molecule has 1 saturated heterocycles. The first-order valence-electron chi connectivity index (χ1n) is 5.47. The molecule has 0 aliphatic carbocycles. The molecule has 1 aromatic rings. The molecule has 1 amide bonds. The lowest BCUT2D eigenvalue weighted by molar-refractivity contribution is -0.117. The fourth-order valence-corrected chi connectivity index (χ4v) is 2.79. The van der Waals surface area contributed by atoms with Crippen LogP contribution < -0.4 is 10.5 Å². The summed E-state index contributed by atoms with van der Waals surface area (Å²) in [5.41, 5.74) is 7.50. The molecule has 0 aromatic heterocycles. The van der Waals surface area contributed by atoms with Crippen molar-refractivity contribution in [1.29, 1.82) is 0 Å². The Kier molecular flexibility index (Phi) is 3.85. The highest BCUT2D eigenvalue weighted by Crippen LogP contribution is 2.25. The summed E-state index contributed by atoms with van der Waals surface area (Å²) in [6, 6.07) is 8.23. The van der Waals surface area contributed by atoms with Crippen LogP contribution in [0.2, 0.25) is 0 Å². The van der Waals surface area contributed by atoms with E-state index >= 15 is 0 Å². The number of rotatable bonds is 3. The second-order valence-electron chi connectivity index (χ2n) is 4.07. The fraction of sp³-hybridized carbons (Fsp3) is 0.417. The molecule has 0 radical (unpaired) electrons. The molecule has 0 spiro atoms. The van der Waals surface area contributed by atoms with Gasteiger partial charge in [-0.25, -0.2) is 0 Å².